The van der Waals surface area contributed by atoms with Gasteiger partial charge in [-0.25, -0.2) is 0 Å². The van der Waals surface area contributed by atoms with Crippen molar-refractivity contribution in [1.82, 2.24) is 9.80 Å². The van der Waals surface area contributed by atoms with Crippen LogP contribution in [0.15, 0.2) is 69.3 Å². The Kier molecular flexibility index (Phi) is 6.53. The molecule has 1 fully saturated rings. The van der Waals surface area contributed by atoms with Gasteiger partial charge in [-0.2, -0.15) is 0 Å². The van der Waals surface area contributed by atoms with Crippen LogP contribution in [0.3, 0.4) is 0 Å². The molecule has 3 aliphatic heterocycles. The van der Waals surface area contributed by atoms with E-state index in [1.807, 2.05) is 24.3 Å². The van der Waals surface area contributed by atoms with E-state index >= 15 is 0 Å². The van der Waals surface area contributed by atoms with Gasteiger partial charge in [0, 0.05) is 37.3 Å². The predicted octanol–water partition coefficient (Wildman–Crippen LogP) is 4.97. The number of ether oxygens (including phenoxy) is 1. The minimum Gasteiger partial charge on any atom is -0.465 e. The summed E-state index contributed by atoms with van der Waals surface area (Å²) >= 11 is 0. The molecule has 0 spiro atoms. The summed E-state index contributed by atoms with van der Waals surface area (Å²) in [5.41, 5.74) is 3.85. The Bertz CT molecular complexity index is 1170. The molecule has 1 aromatic heterocycles. The quantitative estimate of drug-likeness (QED) is 0.618. The lowest BCUT2D eigenvalue weighted by Crippen LogP contribution is -2.61. The van der Waals surface area contributed by atoms with Crippen LogP contribution in [0.4, 0.5) is 0 Å². The molecule has 0 amide bonds. The molecule has 3 unspecified atom stereocenters. The van der Waals surface area contributed by atoms with Crippen molar-refractivity contribution >= 4 is 11.4 Å². The van der Waals surface area contributed by atoms with Crippen molar-refractivity contribution in [2.24, 2.45) is 10.9 Å². The van der Waals surface area contributed by atoms with Crippen molar-refractivity contribution in [2.45, 2.75) is 64.6 Å². The van der Waals surface area contributed by atoms with Crippen molar-refractivity contribution in [1.29, 1.82) is 5.41 Å². The molecule has 5 rings (SSSR count). The third-order valence-electron chi connectivity index (χ3n) is 7.88. The Labute approximate surface area is 214 Å². The van der Waals surface area contributed by atoms with E-state index in [1.165, 1.54) is 0 Å². The third kappa shape index (κ3) is 4.39. The molecular formula is C29H38N4O3. The normalized spacial score (nSPS) is 28.2. The molecule has 7 nitrogen and oxygen atoms in total. The fourth-order valence-corrected chi connectivity index (χ4v) is 5.81. The second-order valence-electron chi connectivity index (χ2n) is 11.2. The van der Waals surface area contributed by atoms with Gasteiger partial charge in [0.05, 0.1) is 30.2 Å². The van der Waals surface area contributed by atoms with E-state index in [0.717, 1.165) is 22.4 Å². The lowest BCUT2D eigenvalue weighted by Gasteiger charge is -2.51. The third-order valence-corrected chi connectivity index (χ3v) is 7.88. The van der Waals surface area contributed by atoms with Gasteiger partial charge >= 0.3 is 0 Å². The van der Waals surface area contributed by atoms with Gasteiger partial charge in [0.2, 0.25) is 0 Å². The summed E-state index contributed by atoms with van der Waals surface area (Å²) in [7, 11) is 0. The van der Waals surface area contributed by atoms with Crippen LogP contribution in [0.25, 0.3) is 0 Å². The number of dihydropyridines is 1. The van der Waals surface area contributed by atoms with E-state index in [1.54, 1.807) is 12.3 Å². The molecule has 0 radical (unpaired) electrons. The van der Waals surface area contributed by atoms with Crippen LogP contribution < -0.4 is 0 Å². The number of furan rings is 1. The Hall–Kier alpha value is -2.58. The van der Waals surface area contributed by atoms with E-state index in [9.17, 15) is 10.5 Å². The zero-order chi connectivity index (χ0) is 25.7. The van der Waals surface area contributed by atoms with Gasteiger partial charge in [-0.15, -0.1) is 0 Å². The molecule has 7 heteroatoms. The molecule has 1 aromatic carbocycles. The van der Waals surface area contributed by atoms with Gasteiger partial charge in [0.25, 0.3) is 0 Å². The smallest absolute Gasteiger partial charge is 0.167 e. The summed E-state index contributed by atoms with van der Waals surface area (Å²) < 4.78 is 11.7. The number of piperazine rings is 1. The molecule has 0 saturated carbocycles. The second-order valence-corrected chi connectivity index (χ2v) is 11.2. The van der Waals surface area contributed by atoms with Crippen LogP contribution >= 0.6 is 0 Å². The van der Waals surface area contributed by atoms with E-state index in [-0.39, 0.29) is 17.6 Å². The Morgan fingerprint density at radius 3 is 2.47 bits per heavy atom. The largest absolute Gasteiger partial charge is 0.465 e. The van der Waals surface area contributed by atoms with E-state index < -0.39 is 11.9 Å². The van der Waals surface area contributed by atoms with Crippen LogP contribution in [0.1, 0.15) is 64.6 Å². The van der Waals surface area contributed by atoms with Gasteiger partial charge < -0.3 is 19.7 Å². The molecule has 2 N–H and O–H groups in total. The Morgan fingerprint density at radius 1 is 1.06 bits per heavy atom. The maximum atomic E-state index is 11.2. The average molecular weight is 491 g/mol. The molecule has 192 valence electrons. The van der Waals surface area contributed by atoms with Crippen LogP contribution in [-0.4, -0.2) is 63.8 Å². The van der Waals surface area contributed by atoms with Gasteiger partial charge in [-0.3, -0.25) is 14.8 Å². The maximum Gasteiger partial charge on any atom is 0.167 e. The summed E-state index contributed by atoms with van der Waals surface area (Å²) in [5.74, 6) is 0.777. The van der Waals surface area contributed by atoms with E-state index in [0.29, 0.717) is 44.1 Å². The summed E-state index contributed by atoms with van der Waals surface area (Å²) in [6.07, 6.45) is 1.47. The first-order valence-electron chi connectivity index (χ1n) is 12.9. The van der Waals surface area contributed by atoms with Crippen molar-refractivity contribution in [2.75, 3.05) is 26.2 Å². The van der Waals surface area contributed by atoms with Gasteiger partial charge in [0.1, 0.15) is 5.76 Å². The Balaban J connectivity index is 1.51. The molecule has 2 aromatic rings. The van der Waals surface area contributed by atoms with E-state index in [4.69, 9.17) is 14.1 Å². The highest BCUT2D eigenvalue weighted by Gasteiger charge is 2.48. The number of aliphatic hydroxyl groups is 1. The number of hydrogen-bond acceptors (Lipinski definition) is 7. The number of aliphatic hydroxyl groups excluding tert-OH is 1. The molecule has 3 aliphatic rings. The van der Waals surface area contributed by atoms with Crippen LogP contribution in [-0.2, 0) is 4.74 Å². The summed E-state index contributed by atoms with van der Waals surface area (Å²) in [6.45, 7) is 13.1. The highest BCUT2D eigenvalue weighted by atomic mass is 16.5. The predicted molar refractivity (Wildman–Crippen MR) is 141 cm³/mol. The van der Waals surface area contributed by atoms with Gasteiger partial charge in [-0.05, 0) is 50.0 Å². The first-order chi connectivity index (χ1) is 17.1. The second kappa shape index (κ2) is 9.38. The monoisotopic (exact) mass is 490 g/mol. The average Bonchev–Trinajstić information content (AvgIpc) is 3.41. The molecule has 36 heavy (non-hydrogen) atoms. The van der Waals surface area contributed by atoms with Crippen molar-refractivity contribution < 1.29 is 14.3 Å². The van der Waals surface area contributed by atoms with Crippen LogP contribution in [0.2, 0.25) is 0 Å². The maximum absolute atomic E-state index is 11.2. The minimum absolute atomic E-state index is 0.0797. The number of nitrogens with zero attached hydrogens (tertiary/aromatic N) is 3. The first kappa shape index (κ1) is 25.1. The summed E-state index contributed by atoms with van der Waals surface area (Å²) in [5, 5.41) is 20.6. The summed E-state index contributed by atoms with van der Waals surface area (Å²) in [6, 6.07) is 13.8. The molecule has 0 aliphatic carbocycles. The van der Waals surface area contributed by atoms with Crippen LogP contribution in [0, 0.1) is 11.3 Å². The van der Waals surface area contributed by atoms with Gasteiger partial charge in [-0.1, -0.05) is 44.2 Å². The molecular weight excluding hydrogens is 452 g/mol. The van der Waals surface area contributed by atoms with Crippen molar-refractivity contribution in [3.05, 3.63) is 71.2 Å². The van der Waals surface area contributed by atoms with E-state index in [2.05, 4.69) is 56.6 Å². The fourth-order valence-electron chi connectivity index (χ4n) is 5.81. The topological polar surface area (TPSA) is 85.3 Å². The SMILES string of the molecule is CC(C)C1=NC(C)(N2CCN(C(O)c3ccco3)C(c3ccccc3)C2)C(=N)C2=C1COC(C)(C)C2. The van der Waals surface area contributed by atoms with Crippen LogP contribution in [0.5, 0.6) is 0 Å². The number of aliphatic imine (C=N–C) groups is 1. The molecule has 3 atom stereocenters. The number of hydrogen-bond donors (Lipinski definition) is 2. The number of benzene rings is 1. The zero-order valence-corrected chi connectivity index (χ0v) is 22.0. The molecule has 0 bridgehead atoms. The Morgan fingerprint density at radius 2 is 1.81 bits per heavy atom. The lowest BCUT2D eigenvalue weighted by atomic mass is 9.78. The fraction of sp³-hybridized carbons (Fsp3) is 0.517. The summed E-state index contributed by atoms with van der Waals surface area (Å²) in [4.78, 5) is 9.70. The van der Waals surface area contributed by atoms with Gasteiger partial charge in [0.15, 0.2) is 11.9 Å². The van der Waals surface area contributed by atoms with Crippen molar-refractivity contribution in [3.8, 4) is 0 Å². The number of nitrogens with one attached hydrogen (secondary N) is 1. The number of rotatable bonds is 5. The highest BCUT2D eigenvalue weighted by Crippen LogP contribution is 2.42. The zero-order valence-electron chi connectivity index (χ0n) is 22.0. The lowest BCUT2D eigenvalue weighted by molar-refractivity contribution is -0.0835. The first-order valence-corrected chi connectivity index (χ1v) is 12.9. The van der Waals surface area contributed by atoms with Crippen molar-refractivity contribution in [3.63, 3.8) is 0 Å². The molecule has 4 heterocycles. The minimum atomic E-state index is -0.841. The molecule has 1 saturated heterocycles. The highest BCUT2D eigenvalue weighted by molar-refractivity contribution is 6.18. The standard InChI is InChI=1S/C29H38N4O3/c1-19(2)25-22-18-36-28(3,4)16-21(22)26(30)29(5,31-25)32-13-14-33(27(34)24-12-9-15-35-24)23(17-32)20-10-7-6-8-11-20/h6-12,15,19,23,27,30,34H,13-14,16-18H2,1-5H3.